The molecule has 1 N–H and O–H groups in total. The Kier molecular flexibility index (Phi) is 4.82. The third-order valence-electron chi connectivity index (χ3n) is 1.10. The number of carboxylic acids is 1. The highest BCUT2D eigenvalue weighted by molar-refractivity contribution is 5.86. The Hall–Kier alpha value is -1.31. The Morgan fingerprint density at radius 3 is 2.36 bits per heavy atom. The van der Waals surface area contributed by atoms with E-state index in [9.17, 15) is 4.79 Å². The van der Waals surface area contributed by atoms with Gasteiger partial charge in [-0.15, -0.1) is 0 Å². The minimum absolute atomic E-state index is 0.339. The molecule has 0 amide bonds. The van der Waals surface area contributed by atoms with Gasteiger partial charge in [0.25, 0.3) is 0 Å². The van der Waals surface area contributed by atoms with Gasteiger partial charge in [-0.3, -0.25) is 0 Å². The highest BCUT2D eigenvalue weighted by Gasteiger charge is 1.94. The van der Waals surface area contributed by atoms with Crippen LogP contribution in [0.2, 0.25) is 0 Å². The second-order valence-electron chi connectivity index (χ2n) is 2.07. The first-order valence-electron chi connectivity index (χ1n) is 3.38. The van der Waals surface area contributed by atoms with E-state index in [4.69, 9.17) is 5.11 Å². The van der Waals surface area contributed by atoms with Crippen LogP contribution in [0.3, 0.4) is 0 Å². The second-order valence-corrected chi connectivity index (χ2v) is 2.07. The summed E-state index contributed by atoms with van der Waals surface area (Å²) < 4.78 is 0. The number of hydrogen-bond acceptors (Lipinski definition) is 1. The monoisotopic (exact) mass is 152 g/mol. The van der Waals surface area contributed by atoms with Crippen LogP contribution in [-0.2, 0) is 4.79 Å². The summed E-state index contributed by atoms with van der Waals surface area (Å²) in [6.45, 7) is 3.46. The highest BCUT2D eigenvalue weighted by atomic mass is 16.4. The Morgan fingerprint density at radius 2 is 1.91 bits per heavy atom. The molecule has 0 atom stereocenters. The van der Waals surface area contributed by atoms with E-state index in [0.29, 0.717) is 5.57 Å². The average molecular weight is 152 g/mol. The van der Waals surface area contributed by atoms with Crippen molar-refractivity contribution >= 4 is 5.97 Å². The summed E-state index contributed by atoms with van der Waals surface area (Å²) >= 11 is 0. The Labute approximate surface area is 66.5 Å². The largest absolute Gasteiger partial charge is 0.478 e. The number of carbonyl (C=O) groups is 1. The summed E-state index contributed by atoms with van der Waals surface area (Å²) in [5.41, 5.74) is 0.339. The third kappa shape index (κ3) is 5.15. The molecular weight excluding hydrogens is 140 g/mol. The smallest absolute Gasteiger partial charge is 0.331 e. The number of aliphatic carboxylic acids is 1. The van der Waals surface area contributed by atoms with Crippen LogP contribution >= 0.6 is 0 Å². The Balaban J connectivity index is 4.01. The van der Waals surface area contributed by atoms with Gasteiger partial charge in [0.2, 0.25) is 0 Å². The molecule has 0 heterocycles. The van der Waals surface area contributed by atoms with E-state index < -0.39 is 5.97 Å². The van der Waals surface area contributed by atoms with E-state index in [-0.39, 0.29) is 0 Å². The summed E-state index contributed by atoms with van der Waals surface area (Å²) in [5.74, 6) is -0.880. The summed E-state index contributed by atoms with van der Waals surface area (Å²) in [6, 6.07) is 0. The van der Waals surface area contributed by atoms with Crippen molar-refractivity contribution in [2.75, 3.05) is 0 Å². The molecule has 0 fully saturated rings. The number of hydrogen-bond donors (Lipinski definition) is 1. The first-order valence-corrected chi connectivity index (χ1v) is 3.38. The quantitative estimate of drug-likeness (QED) is 0.497. The van der Waals surface area contributed by atoms with Crippen LogP contribution in [0, 0.1) is 0 Å². The second kappa shape index (κ2) is 5.47. The molecule has 0 radical (unpaired) electrons. The van der Waals surface area contributed by atoms with Gasteiger partial charge in [-0.05, 0) is 13.8 Å². The van der Waals surface area contributed by atoms with Crippen LogP contribution in [-0.4, -0.2) is 11.1 Å². The average Bonchev–Trinajstić information content (AvgIpc) is 1.97. The maximum absolute atomic E-state index is 10.2. The first kappa shape index (κ1) is 9.69. The summed E-state index contributed by atoms with van der Waals surface area (Å²) in [7, 11) is 0. The van der Waals surface area contributed by atoms with Gasteiger partial charge in [-0.25, -0.2) is 4.79 Å². The molecule has 0 aliphatic rings. The fourth-order valence-electron chi connectivity index (χ4n) is 0.446. The van der Waals surface area contributed by atoms with E-state index in [0.717, 1.165) is 0 Å². The summed E-state index contributed by atoms with van der Waals surface area (Å²) in [4.78, 5) is 10.2. The van der Waals surface area contributed by atoms with Gasteiger partial charge < -0.3 is 5.11 Å². The van der Waals surface area contributed by atoms with E-state index >= 15 is 0 Å². The Morgan fingerprint density at radius 1 is 1.27 bits per heavy atom. The van der Waals surface area contributed by atoms with E-state index in [2.05, 4.69) is 0 Å². The highest BCUT2D eigenvalue weighted by Crippen LogP contribution is 1.92. The molecule has 0 unspecified atom stereocenters. The molecular formula is C9H12O2. The van der Waals surface area contributed by atoms with Crippen molar-refractivity contribution in [1.29, 1.82) is 0 Å². The fraction of sp³-hybridized carbons (Fsp3) is 0.222. The van der Waals surface area contributed by atoms with Gasteiger partial charge in [0.05, 0.1) is 0 Å². The van der Waals surface area contributed by atoms with Crippen LogP contribution in [0.4, 0.5) is 0 Å². The first-order chi connectivity index (χ1) is 5.18. The Bertz CT molecular complexity index is 210. The van der Waals surface area contributed by atoms with E-state index in [1.165, 1.54) is 0 Å². The molecule has 60 valence electrons. The summed E-state index contributed by atoms with van der Waals surface area (Å²) in [5, 5.41) is 8.42. The van der Waals surface area contributed by atoms with Gasteiger partial charge in [0, 0.05) is 5.57 Å². The maximum atomic E-state index is 10.2. The lowest BCUT2D eigenvalue weighted by molar-refractivity contribution is -0.132. The van der Waals surface area contributed by atoms with Gasteiger partial charge in [-0.2, -0.15) is 0 Å². The molecule has 0 bridgehead atoms. The SMILES string of the molecule is CC=CC=CC=C(C)C(=O)O. The van der Waals surface area contributed by atoms with Crippen LogP contribution in [0.1, 0.15) is 13.8 Å². The molecule has 0 spiro atoms. The minimum Gasteiger partial charge on any atom is -0.478 e. The van der Waals surface area contributed by atoms with Gasteiger partial charge in [-0.1, -0.05) is 30.4 Å². The zero-order chi connectivity index (χ0) is 8.69. The minimum atomic E-state index is -0.880. The fourth-order valence-corrected chi connectivity index (χ4v) is 0.446. The van der Waals surface area contributed by atoms with Crippen LogP contribution in [0.15, 0.2) is 36.0 Å². The molecule has 2 nitrogen and oxygen atoms in total. The predicted molar refractivity (Wildman–Crippen MR) is 45.3 cm³/mol. The lowest BCUT2D eigenvalue weighted by Crippen LogP contribution is -1.94. The predicted octanol–water partition coefficient (Wildman–Crippen LogP) is 2.15. The van der Waals surface area contributed by atoms with Crippen molar-refractivity contribution < 1.29 is 9.90 Å². The van der Waals surface area contributed by atoms with Crippen molar-refractivity contribution in [3.63, 3.8) is 0 Å². The number of allylic oxidation sites excluding steroid dienone is 5. The van der Waals surface area contributed by atoms with Gasteiger partial charge >= 0.3 is 5.97 Å². The molecule has 0 saturated carbocycles. The van der Waals surface area contributed by atoms with Crippen molar-refractivity contribution in [3.05, 3.63) is 36.0 Å². The molecule has 0 aromatic rings. The van der Waals surface area contributed by atoms with Crippen molar-refractivity contribution in [3.8, 4) is 0 Å². The maximum Gasteiger partial charge on any atom is 0.331 e. The van der Waals surface area contributed by atoms with E-state index in [1.807, 2.05) is 19.1 Å². The molecule has 0 aromatic carbocycles. The molecule has 11 heavy (non-hydrogen) atoms. The summed E-state index contributed by atoms with van der Waals surface area (Å²) in [6.07, 6.45) is 8.75. The lowest BCUT2D eigenvalue weighted by atomic mass is 10.3. The lowest BCUT2D eigenvalue weighted by Gasteiger charge is -1.86. The molecule has 0 aliphatic carbocycles. The normalized spacial score (nSPS) is 13.1. The molecule has 0 aliphatic heterocycles. The zero-order valence-electron chi connectivity index (χ0n) is 6.74. The van der Waals surface area contributed by atoms with Crippen molar-refractivity contribution in [2.24, 2.45) is 0 Å². The van der Waals surface area contributed by atoms with Crippen molar-refractivity contribution in [2.45, 2.75) is 13.8 Å². The van der Waals surface area contributed by atoms with Gasteiger partial charge in [0.1, 0.15) is 0 Å². The zero-order valence-corrected chi connectivity index (χ0v) is 6.74. The van der Waals surface area contributed by atoms with Crippen molar-refractivity contribution in [1.82, 2.24) is 0 Å². The standard InChI is InChI=1S/C9H12O2/c1-3-4-5-6-7-8(2)9(10)11/h3-7H,1-2H3,(H,10,11). The van der Waals surface area contributed by atoms with Crippen LogP contribution in [0.5, 0.6) is 0 Å². The van der Waals surface area contributed by atoms with Crippen LogP contribution < -0.4 is 0 Å². The molecule has 0 rings (SSSR count). The van der Waals surface area contributed by atoms with Crippen LogP contribution in [0.25, 0.3) is 0 Å². The van der Waals surface area contributed by atoms with Gasteiger partial charge in [0.15, 0.2) is 0 Å². The number of carboxylic acid groups (broad SMARTS) is 1. The van der Waals surface area contributed by atoms with E-state index in [1.54, 1.807) is 25.2 Å². The number of rotatable bonds is 3. The molecule has 2 heteroatoms. The third-order valence-corrected chi connectivity index (χ3v) is 1.10. The molecule has 0 saturated heterocycles. The topological polar surface area (TPSA) is 37.3 Å². The molecule has 0 aromatic heterocycles.